The molecule has 0 rings (SSSR count). The average molecular weight is 314 g/mol. The number of unbranched alkanes of at least 4 members (excludes halogenated alkanes) is 1. The van der Waals surface area contributed by atoms with Crippen molar-refractivity contribution in [2.45, 2.75) is 46.5 Å². The van der Waals surface area contributed by atoms with Gasteiger partial charge in [0.25, 0.3) is 0 Å². The zero-order valence-corrected chi connectivity index (χ0v) is 13.6. The van der Waals surface area contributed by atoms with Crippen LogP contribution < -0.4 is 0 Å². The minimum absolute atomic E-state index is 0.216. The third-order valence-electron chi connectivity index (χ3n) is 2.74. The molecule has 0 N–H and O–H groups in total. The van der Waals surface area contributed by atoms with Gasteiger partial charge in [-0.2, -0.15) is 0 Å². The number of carbonyl (C=O) groups is 3. The highest BCUT2D eigenvalue weighted by molar-refractivity contribution is 5.95. The van der Waals surface area contributed by atoms with Crippen molar-refractivity contribution in [2.24, 2.45) is 5.92 Å². The van der Waals surface area contributed by atoms with Crippen molar-refractivity contribution in [3.8, 4) is 0 Å². The molecule has 0 bridgehead atoms. The number of ether oxygens (including phenoxy) is 3. The van der Waals surface area contributed by atoms with Gasteiger partial charge in [-0.05, 0) is 40.0 Å². The molecule has 0 saturated heterocycles. The second-order valence-corrected chi connectivity index (χ2v) is 4.46. The van der Waals surface area contributed by atoms with Crippen LogP contribution in [-0.2, 0) is 28.6 Å². The maximum atomic E-state index is 11.7. The first-order valence-corrected chi connectivity index (χ1v) is 7.70. The number of carbonyl (C=O) groups excluding carboxylic acids is 3. The van der Waals surface area contributed by atoms with E-state index in [1.54, 1.807) is 26.8 Å². The highest BCUT2D eigenvalue weighted by Gasteiger charge is 2.27. The van der Waals surface area contributed by atoms with Crippen molar-refractivity contribution < 1.29 is 28.6 Å². The lowest BCUT2D eigenvalue weighted by molar-refractivity contribution is -0.161. The molecule has 0 aliphatic carbocycles. The number of rotatable bonds is 11. The quantitative estimate of drug-likeness (QED) is 0.192. The molecule has 6 heteroatoms. The second-order valence-electron chi connectivity index (χ2n) is 4.46. The van der Waals surface area contributed by atoms with E-state index in [1.807, 2.05) is 6.08 Å². The summed E-state index contributed by atoms with van der Waals surface area (Å²) in [4.78, 5) is 34.6. The maximum absolute atomic E-state index is 11.7. The van der Waals surface area contributed by atoms with E-state index in [9.17, 15) is 14.4 Å². The fraction of sp³-hybridized carbons (Fsp3) is 0.688. The first-order valence-electron chi connectivity index (χ1n) is 7.70. The number of hydrogen-bond acceptors (Lipinski definition) is 6. The molecule has 22 heavy (non-hydrogen) atoms. The standard InChI is InChI=1S/C16H26O6/c1-4-20-14(17)12-10-8-7-9-11-13(15(18)21-5-2)16(19)22-6-3/h7,9,13H,4-6,8,10-12H2,1-3H3/b9-7-. The van der Waals surface area contributed by atoms with Crippen LogP contribution in [0.1, 0.15) is 46.5 Å². The van der Waals surface area contributed by atoms with Gasteiger partial charge >= 0.3 is 17.9 Å². The van der Waals surface area contributed by atoms with Gasteiger partial charge in [0.15, 0.2) is 5.92 Å². The summed E-state index contributed by atoms with van der Waals surface area (Å²) in [6.45, 7) is 5.96. The van der Waals surface area contributed by atoms with Crippen molar-refractivity contribution in [3.05, 3.63) is 12.2 Å². The molecule has 0 aromatic heterocycles. The lowest BCUT2D eigenvalue weighted by atomic mass is 10.1. The van der Waals surface area contributed by atoms with Gasteiger partial charge in [-0.25, -0.2) is 0 Å². The fourth-order valence-electron chi connectivity index (χ4n) is 1.72. The van der Waals surface area contributed by atoms with Gasteiger partial charge in [0, 0.05) is 6.42 Å². The van der Waals surface area contributed by atoms with E-state index in [-0.39, 0.29) is 25.6 Å². The van der Waals surface area contributed by atoms with Gasteiger partial charge in [-0.15, -0.1) is 0 Å². The Kier molecular flexibility index (Phi) is 11.8. The summed E-state index contributed by atoms with van der Waals surface area (Å²) in [7, 11) is 0. The van der Waals surface area contributed by atoms with Gasteiger partial charge in [0.1, 0.15) is 0 Å². The highest BCUT2D eigenvalue weighted by atomic mass is 16.6. The molecule has 0 atom stereocenters. The van der Waals surface area contributed by atoms with Crippen molar-refractivity contribution in [2.75, 3.05) is 19.8 Å². The summed E-state index contributed by atoms with van der Waals surface area (Å²) in [5.74, 6) is -2.29. The summed E-state index contributed by atoms with van der Waals surface area (Å²) in [5, 5.41) is 0. The van der Waals surface area contributed by atoms with Crippen LogP contribution in [0.2, 0.25) is 0 Å². The molecule has 0 spiro atoms. The van der Waals surface area contributed by atoms with E-state index in [0.717, 1.165) is 0 Å². The molecule has 0 aliphatic rings. The van der Waals surface area contributed by atoms with Crippen LogP contribution in [-0.4, -0.2) is 37.7 Å². The van der Waals surface area contributed by atoms with Gasteiger partial charge in [-0.3, -0.25) is 14.4 Å². The van der Waals surface area contributed by atoms with Crippen molar-refractivity contribution >= 4 is 17.9 Å². The van der Waals surface area contributed by atoms with E-state index >= 15 is 0 Å². The smallest absolute Gasteiger partial charge is 0.320 e. The normalized spacial score (nSPS) is 10.7. The average Bonchev–Trinajstić information content (AvgIpc) is 2.47. The molecule has 0 amide bonds. The Morgan fingerprint density at radius 1 is 0.864 bits per heavy atom. The second kappa shape index (κ2) is 12.9. The van der Waals surface area contributed by atoms with E-state index in [1.165, 1.54) is 0 Å². The zero-order valence-electron chi connectivity index (χ0n) is 13.6. The molecule has 126 valence electrons. The molecule has 0 aromatic rings. The van der Waals surface area contributed by atoms with Crippen molar-refractivity contribution in [1.29, 1.82) is 0 Å². The van der Waals surface area contributed by atoms with Crippen LogP contribution in [0.25, 0.3) is 0 Å². The Hall–Kier alpha value is -1.85. The lowest BCUT2D eigenvalue weighted by Gasteiger charge is -2.12. The molecule has 6 nitrogen and oxygen atoms in total. The first kappa shape index (κ1) is 20.1. The fourth-order valence-corrected chi connectivity index (χ4v) is 1.72. The summed E-state index contributed by atoms with van der Waals surface area (Å²) < 4.78 is 14.6. The van der Waals surface area contributed by atoms with Gasteiger partial charge < -0.3 is 14.2 Å². The third kappa shape index (κ3) is 9.15. The molecule has 0 aliphatic heterocycles. The number of esters is 3. The van der Waals surface area contributed by atoms with Gasteiger partial charge in [-0.1, -0.05) is 12.2 Å². The summed E-state index contributed by atoms with van der Waals surface area (Å²) >= 11 is 0. The summed E-state index contributed by atoms with van der Waals surface area (Å²) in [5.41, 5.74) is 0. The van der Waals surface area contributed by atoms with Gasteiger partial charge in [0.05, 0.1) is 19.8 Å². The Bertz CT molecular complexity index is 357. The Labute approximate surface area is 131 Å². The Morgan fingerprint density at radius 2 is 1.41 bits per heavy atom. The highest BCUT2D eigenvalue weighted by Crippen LogP contribution is 2.11. The predicted molar refractivity (Wildman–Crippen MR) is 81.0 cm³/mol. The maximum Gasteiger partial charge on any atom is 0.320 e. The molecular formula is C16H26O6. The third-order valence-corrected chi connectivity index (χ3v) is 2.74. The monoisotopic (exact) mass is 314 g/mol. The summed E-state index contributed by atoms with van der Waals surface area (Å²) in [6.07, 6.45) is 5.51. The van der Waals surface area contributed by atoms with Gasteiger partial charge in [0.2, 0.25) is 0 Å². The van der Waals surface area contributed by atoms with E-state index in [4.69, 9.17) is 14.2 Å². The molecule has 0 fully saturated rings. The number of hydrogen-bond donors (Lipinski definition) is 0. The Morgan fingerprint density at radius 3 is 1.91 bits per heavy atom. The lowest BCUT2D eigenvalue weighted by Crippen LogP contribution is -2.27. The zero-order chi connectivity index (χ0) is 16.8. The van der Waals surface area contributed by atoms with Crippen LogP contribution in [0.5, 0.6) is 0 Å². The first-order chi connectivity index (χ1) is 10.6. The van der Waals surface area contributed by atoms with E-state index in [0.29, 0.717) is 25.9 Å². The van der Waals surface area contributed by atoms with Crippen LogP contribution in [0.3, 0.4) is 0 Å². The largest absolute Gasteiger partial charge is 0.466 e. The Balaban J connectivity index is 4.21. The van der Waals surface area contributed by atoms with Crippen LogP contribution in [0.4, 0.5) is 0 Å². The van der Waals surface area contributed by atoms with E-state index in [2.05, 4.69) is 0 Å². The topological polar surface area (TPSA) is 78.9 Å². The SMILES string of the molecule is CCOC(=O)CCC/C=C\CC(C(=O)OCC)C(=O)OCC. The summed E-state index contributed by atoms with van der Waals surface area (Å²) in [6, 6.07) is 0. The number of allylic oxidation sites excluding steroid dienone is 2. The van der Waals surface area contributed by atoms with Crippen LogP contribution in [0, 0.1) is 5.92 Å². The molecule has 0 heterocycles. The van der Waals surface area contributed by atoms with Crippen molar-refractivity contribution in [3.63, 3.8) is 0 Å². The van der Waals surface area contributed by atoms with Crippen LogP contribution in [0.15, 0.2) is 12.2 Å². The molecule has 0 saturated carbocycles. The van der Waals surface area contributed by atoms with Crippen LogP contribution >= 0.6 is 0 Å². The minimum Gasteiger partial charge on any atom is -0.466 e. The molecule has 0 unspecified atom stereocenters. The molecule has 0 aromatic carbocycles. The van der Waals surface area contributed by atoms with Crippen molar-refractivity contribution in [1.82, 2.24) is 0 Å². The predicted octanol–water partition coefficient (Wildman–Crippen LogP) is 2.41. The molecular weight excluding hydrogens is 288 g/mol. The van der Waals surface area contributed by atoms with E-state index < -0.39 is 17.9 Å². The minimum atomic E-state index is -0.929. The molecule has 0 radical (unpaired) electrons.